The van der Waals surface area contributed by atoms with Gasteiger partial charge in [0.2, 0.25) is 0 Å². The van der Waals surface area contributed by atoms with E-state index in [1.807, 2.05) is 6.07 Å². The molecule has 0 bridgehead atoms. The number of allylic oxidation sites excluding steroid dienone is 1. The molecular weight excluding hydrogens is 355 g/mol. The highest BCUT2D eigenvalue weighted by atomic mass is 35.5. The molecule has 0 heterocycles. The van der Waals surface area contributed by atoms with Gasteiger partial charge in [-0.05, 0) is 79.9 Å². The summed E-state index contributed by atoms with van der Waals surface area (Å²) >= 11 is 5.82. The normalized spacial score (nSPS) is 28.8. The van der Waals surface area contributed by atoms with E-state index in [9.17, 15) is 4.39 Å². The van der Waals surface area contributed by atoms with Gasteiger partial charge in [-0.1, -0.05) is 68.7 Å². The lowest BCUT2D eigenvalue weighted by atomic mass is 9.74. The molecule has 0 aliphatic heterocycles. The van der Waals surface area contributed by atoms with Crippen LogP contribution in [0.15, 0.2) is 30.9 Å². The third kappa shape index (κ3) is 6.34. The van der Waals surface area contributed by atoms with Gasteiger partial charge in [0.05, 0.1) is 5.02 Å². The molecule has 2 fully saturated rings. The maximum Gasteiger partial charge on any atom is 0.142 e. The molecule has 1 aromatic rings. The lowest BCUT2D eigenvalue weighted by Gasteiger charge is -2.32. The number of unbranched alkanes of at least 4 members (excludes halogenated alkanes) is 1. The summed E-state index contributed by atoms with van der Waals surface area (Å²) in [5, 5.41) is 0.239. The Balaban J connectivity index is 1.33. The second-order valence-corrected chi connectivity index (χ2v) is 9.48. The second kappa shape index (κ2) is 10.6. The van der Waals surface area contributed by atoms with E-state index in [0.717, 1.165) is 23.3 Å². The van der Waals surface area contributed by atoms with Gasteiger partial charge in [-0.3, -0.25) is 0 Å². The Hall–Kier alpha value is -0.820. The summed E-state index contributed by atoms with van der Waals surface area (Å²) in [6.45, 7) is 3.83. The largest absolute Gasteiger partial charge is 0.205 e. The van der Waals surface area contributed by atoms with E-state index in [1.165, 1.54) is 83.5 Å². The van der Waals surface area contributed by atoms with Crippen molar-refractivity contribution >= 4 is 11.6 Å². The van der Waals surface area contributed by atoms with Crippen LogP contribution in [0.2, 0.25) is 5.02 Å². The first-order valence-corrected chi connectivity index (χ1v) is 11.6. The first kappa shape index (κ1) is 20.9. The molecular formula is C25H36ClF. The fourth-order valence-corrected chi connectivity index (χ4v) is 5.50. The maximum absolute atomic E-state index is 13.7. The van der Waals surface area contributed by atoms with Gasteiger partial charge in [-0.2, -0.15) is 0 Å². The van der Waals surface area contributed by atoms with Gasteiger partial charge < -0.3 is 0 Å². The predicted molar refractivity (Wildman–Crippen MR) is 115 cm³/mol. The molecule has 1 aromatic carbocycles. The van der Waals surface area contributed by atoms with Crippen LogP contribution in [0.3, 0.4) is 0 Å². The van der Waals surface area contributed by atoms with Gasteiger partial charge in [0.1, 0.15) is 5.82 Å². The standard InChI is InChI=1S/C25H36ClF/c1-2-3-4-5-19-6-8-20(9-7-19)10-11-21-12-14-22(15-13-21)23-16-17-24(26)25(27)18-23/h2,16-22H,1,3-15H2/t19-,20-,21?,22?. The summed E-state index contributed by atoms with van der Waals surface area (Å²) in [7, 11) is 0. The number of benzene rings is 1. The van der Waals surface area contributed by atoms with Crippen molar-refractivity contribution in [2.75, 3.05) is 0 Å². The van der Waals surface area contributed by atoms with E-state index >= 15 is 0 Å². The molecule has 0 saturated heterocycles. The highest BCUT2D eigenvalue weighted by Gasteiger charge is 2.25. The zero-order valence-corrected chi connectivity index (χ0v) is 17.5. The summed E-state index contributed by atoms with van der Waals surface area (Å²) < 4.78 is 13.7. The molecule has 0 nitrogen and oxygen atoms in total. The Kier molecular flexibility index (Phi) is 8.24. The van der Waals surface area contributed by atoms with E-state index in [0.29, 0.717) is 5.92 Å². The summed E-state index contributed by atoms with van der Waals surface area (Å²) in [6, 6.07) is 5.39. The topological polar surface area (TPSA) is 0 Å². The highest BCUT2D eigenvalue weighted by Crippen LogP contribution is 2.40. The number of hydrogen-bond acceptors (Lipinski definition) is 0. The van der Waals surface area contributed by atoms with Crippen molar-refractivity contribution in [1.29, 1.82) is 0 Å². The first-order chi connectivity index (χ1) is 13.2. The molecule has 0 aromatic heterocycles. The van der Waals surface area contributed by atoms with Crippen LogP contribution in [0.1, 0.15) is 95.0 Å². The third-order valence-electron chi connectivity index (χ3n) is 7.23. The minimum atomic E-state index is -0.267. The predicted octanol–water partition coefficient (Wildman–Crippen LogP) is 8.70. The van der Waals surface area contributed by atoms with E-state index in [4.69, 9.17) is 11.6 Å². The molecule has 27 heavy (non-hydrogen) atoms. The van der Waals surface area contributed by atoms with Crippen molar-refractivity contribution in [3.8, 4) is 0 Å². The van der Waals surface area contributed by atoms with Gasteiger partial charge >= 0.3 is 0 Å². The number of halogens is 2. The van der Waals surface area contributed by atoms with Gasteiger partial charge in [-0.15, -0.1) is 6.58 Å². The van der Waals surface area contributed by atoms with E-state index in [-0.39, 0.29) is 10.8 Å². The monoisotopic (exact) mass is 390 g/mol. The highest BCUT2D eigenvalue weighted by molar-refractivity contribution is 6.30. The molecule has 3 rings (SSSR count). The molecule has 0 N–H and O–H groups in total. The maximum atomic E-state index is 13.7. The molecule has 150 valence electrons. The fraction of sp³-hybridized carbons (Fsp3) is 0.680. The quantitative estimate of drug-likeness (QED) is 0.307. The van der Waals surface area contributed by atoms with Crippen LogP contribution >= 0.6 is 11.6 Å². The molecule has 0 atom stereocenters. The van der Waals surface area contributed by atoms with Gasteiger partial charge in [0.15, 0.2) is 0 Å². The zero-order valence-electron chi connectivity index (χ0n) is 16.8. The van der Waals surface area contributed by atoms with Crippen LogP contribution in [-0.4, -0.2) is 0 Å². The smallest absolute Gasteiger partial charge is 0.142 e. The Morgan fingerprint density at radius 1 is 0.889 bits per heavy atom. The molecule has 0 spiro atoms. The Bertz CT molecular complexity index is 580. The summed E-state index contributed by atoms with van der Waals surface area (Å²) in [5.41, 5.74) is 1.14. The Labute approximate surface area is 170 Å². The van der Waals surface area contributed by atoms with Crippen LogP contribution in [0.5, 0.6) is 0 Å². The van der Waals surface area contributed by atoms with Crippen molar-refractivity contribution in [2.24, 2.45) is 17.8 Å². The van der Waals surface area contributed by atoms with Crippen LogP contribution in [0, 0.1) is 23.6 Å². The zero-order chi connectivity index (χ0) is 19.1. The van der Waals surface area contributed by atoms with Crippen molar-refractivity contribution in [3.63, 3.8) is 0 Å². The van der Waals surface area contributed by atoms with E-state index < -0.39 is 0 Å². The lowest BCUT2D eigenvalue weighted by molar-refractivity contribution is 0.223. The van der Waals surface area contributed by atoms with Gasteiger partial charge in [0, 0.05) is 0 Å². The Morgan fingerprint density at radius 3 is 2.00 bits per heavy atom. The van der Waals surface area contributed by atoms with Crippen LogP contribution in [0.25, 0.3) is 0 Å². The SMILES string of the molecule is C=CCCC[C@H]1CC[C@H](CCC2CCC(c3ccc(Cl)c(F)c3)CC2)CC1. The summed E-state index contributed by atoms with van der Waals surface area (Å²) in [6.07, 6.45) is 19.7. The van der Waals surface area contributed by atoms with Crippen molar-refractivity contribution in [3.05, 3.63) is 47.3 Å². The van der Waals surface area contributed by atoms with Gasteiger partial charge in [-0.25, -0.2) is 4.39 Å². The van der Waals surface area contributed by atoms with E-state index in [1.54, 1.807) is 12.1 Å². The number of rotatable bonds is 8. The average molecular weight is 391 g/mol. The minimum absolute atomic E-state index is 0.239. The minimum Gasteiger partial charge on any atom is -0.205 e. The Morgan fingerprint density at radius 2 is 1.44 bits per heavy atom. The average Bonchev–Trinajstić information content (AvgIpc) is 2.70. The molecule has 0 amide bonds. The van der Waals surface area contributed by atoms with E-state index in [2.05, 4.69) is 12.7 Å². The van der Waals surface area contributed by atoms with Crippen molar-refractivity contribution < 1.29 is 4.39 Å². The van der Waals surface area contributed by atoms with Gasteiger partial charge in [0.25, 0.3) is 0 Å². The van der Waals surface area contributed by atoms with Crippen LogP contribution in [-0.2, 0) is 0 Å². The summed E-state index contributed by atoms with van der Waals surface area (Å²) in [4.78, 5) is 0. The molecule has 2 heteroatoms. The lowest BCUT2D eigenvalue weighted by Crippen LogP contribution is -2.18. The van der Waals surface area contributed by atoms with Crippen molar-refractivity contribution in [2.45, 2.75) is 89.4 Å². The molecule has 0 radical (unpaired) electrons. The molecule has 0 unspecified atom stereocenters. The molecule has 2 aliphatic carbocycles. The van der Waals surface area contributed by atoms with Crippen molar-refractivity contribution in [1.82, 2.24) is 0 Å². The molecule has 2 aliphatic rings. The van der Waals surface area contributed by atoms with Crippen LogP contribution in [0.4, 0.5) is 4.39 Å². The first-order valence-electron chi connectivity index (χ1n) is 11.2. The summed E-state index contributed by atoms with van der Waals surface area (Å²) in [5.74, 6) is 3.11. The number of hydrogen-bond donors (Lipinski definition) is 0. The second-order valence-electron chi connectivity index (χ2n) is 9.07. The van der Waals surface area contributed by atoms with Crippen LogP contribution < -0.4 is 0 Å². The third-order valence-corrected chi connectivity index (χ3v) is 7.54. The molecule has 2 saturated carbocycles. The fourth-order valence-electron chi connectivity index (χ4n) is 5.38.